The zero-order valence-electron chi connectivity index (χ0n) is 23.3. The summed E-state index contributed by atoms with van der Waals surface area (Å²) in [5, 5.41) is 9.03. The largest absolute Gasteiger partial charge is 0.674 e. The van der Waals surface area contributed by atoms with Gasteiger partial charge in [0.25, 0.3) is 0 Å². The third-order valence-corrected chi connectivity index (χ3v) is 7.78. The van der Waals surface area contributed by atoms with Gasteiger partial charge in [0.15, 0.2) is 0 Å². The van der Waals surface area contributed by atoms with Crippen molar-refractivity contribution in [1.29, 1.82) is 0 Å². The second-order valence-electron chi connectivity index (χ2n) is 9.80. The van der Waals surface area contributed by atoms with Crippen molar-refractivity contribution in [3.8, 4) is 0 Å². The first-order valence-electron chi connectivity index (χ1n) is 13.9. The normalized spacial score (nSPS) is 11.2. The summed E-state index contributed by atoms with van der Waals surface area (Å²) in [7, 11) is 0. The molecule has 0 rings (SSSR count). The van der Waals surface area contributed by atoms with Gasteiger partial charge in [-0.3, -0.25) is 9.59 Å². The van der Waals surface area contributed by atoms with Gasteiger partial charge in [-0.15, -0.1) is 0 Å². The van der Waals surface area contributed by atoms with Crippen LogP contribution in [0.3, 0.4) is 0 Å². The van der Waals surface area contributed by atoms with Gasteiger partial charge in [0, 0.05) is 12.2 Å². The molecule has 34 heavy (non-hydrogen) atoms. The SMILES string of the molecule is CC(=O)CC(=O)O.CCCCCCCC/C=C\CCCCCCC[CH2][Al]([O]C(C)C)[O]C(C)C. The van der Waals surface area contributed by atoms with Crippen LogP contribution in [0.2, 0.25) is 5.28 Å². The Hall–Kier alpha value is -0.668. The average Bonchev–Trinajstić information content (AvgIpc) is 2.72. The first-order valence-corrected chi connectivity index (χ1v) is 15.6. The maximum absolute atomic E-state index is 9.87. The minimum Gasteiger partial charge on any atom is -0.481 e. The van der Waals surface area contributed by atoms with Crippen LogP contribution in [-0.4, -0.2) is 43.9 Å². The summed E-state index contributed by atoms with van der Waals surface area (Å²) < 4.78 is 12.0. The van der Waals surface area contributed by atoms with Crippen LogP contribution in [0, 0.1) is 0 Å². The van der Waals surface area contributed by atoms with E-state index in [-0.39, 0.29) is 12.2 Å². The van der Waals surface area contributed by atoms with Gasteiger partial charge in [-0.05, 0) is 65.6 Å². The number of rotatable bonds is 22. The van der Waals surface area contributed by atoms with E-state index >= 15 is 0 Å². The fourth-order valence-corrected chi connectivity index (χ4v) is 5.72. The van der Waals surface area contributed by atoms with Crippen LogP contribution in [0.5, 0.6) is 0 Å². The molecule has 0 aromatic heterocycles. The molecule has 0 spiro atoms. The van der Waals surface area contributed by atoms with E-state index in [1.807, 2.05) is 0 Å². The van der Waals surface area contributed by atoms with Gasteiger partial charge in [0.2, 0.25) is 0 Å². The van der Waals surface area contributed by atoms with Crippen molar-refractivity contribution in [3.63, 3.8) is 0 Å². The van der Waals surface area contributed by atoms with Gasteiger partial charge in [-0.2, -0.15) is 0 Å². The van der Waals surface area contributed by atoms with Crippen molar-refractivity contribution < 1.29 is 22.3 Å². The van der Waals surface area contributed by atoms with Gasteiger partial charge in [0.1, 0.15) is 12.2 Å². The molecular formula is C28H55AlO5. The minimum atomic E-state index is -1.45. The standard InChI is InChI=1S/C18H35.C4H6O3.2C3H7O.Al/c1-3-5-7-9-11-13-15-17-18-16-14-12-10-8-6-4-2;1-3(5)2-4(6)7;2*1-3(2)4;/h17-18H,1,3-16H2,2H3;2H2,1H3,(H,6,7);2*3H,1-2H3;/q;;2*-1;+2/b18-17-;;;;. The first kappa shape index (κ1) is 35.5. The number of allylic oxidation sites excluding steroid dienone is 2. The maximum atomic E-state index is 9.87. The van der Waals surface area contributed by atoms with E-state index < -0.39 is 20.8 Å². The van der Waals surface area contributed by atoms with E-state index in [4.69, 9.17) is 12.7 Å². The number of carbonyl (C=O) groups is 2. The van der Waals surface area contributed by atoms with Crippen molar-refractivity contribution in [2.75, 3.05) is 0 Å². The predicted molar refractivity (Wildman–Crippen MR) is 145 cm³/mol. The number of unbranched alkanes of at least 4 members (excludes halogenated alkanes) is 12. The number of Topliss-reactive ketones (excluding diaryl/α,β-unsaturated/α-hetero) is 1. The number of carbonyl (C=O) groups excluding carboxylic acids is 1. The second kappa shape index (κ2) is 26.9. The van der Waals surface area contributed by atoms with Crippen LogP contribution in [0.15, 0.2) is 12.2 Å². The molecule has 0 aromatic rings. The molecule has 0 bridgehead atoms. The molecule has 0 unspecified atom stereocenters. The summed E-state index contributed by atoms with van der Waals surface area (Å²) in [6, 6.07) is 0. The van der Waals surface area contributed by atoms with E-state index in [9.17, 15) is 9.59 Å². The molecule has 200 valence electrons. The summed E-state index contributed by atoms with van der Waals surface area (Å²) in [6.07, 6.45) is 24.1. The molecule has 0 saturated heterocycles. The smallest absolute Gasteiger partial charge is 0.481 e. The minimum absolute atomic E-state index is 0.300. The fourth-order valence-electron chi connectivity index (χ4n) is 3.55. The van der Waals surface area contributed by atoms with E-state index in [0.29, 0.717) is 12.2 Å². The first-order chi connectivity index (χ1) is 16.2. The van der Waals surface area contributed by atoms with Gasteiger partial charge in [-0.1, -0.05) is 83.3 Å². The number of aliphatic carboxylic acids is 1. The zero-order valence-corrected chi connectivity index (χ0v) is 24.4. The van der Waals surface area contributed by atoms with Crippen LogP contribution < -0.4 is 0 Å². The third-order valence-electron chi connectivity index (χ3n) is 5.20. The topological polar surface area (TPSA) is 72.8 Å². The quantitative estimate of drug-likeness (QED) is 0.0702. The highest BCUT2D eigenvalue weighted by Gasteiger charge is 2.26. The number of ketones is 1. The second-order valence-corrected chi connectivity index (χ2v) is 11.8. The number of hydrogen-bond donors (Lipinski definition) is 1. The van der Waals surface area contributed by atoms with Crippen LogP contribution in [-0.2, 0) is 17.2 Å². The molecule has 0 radical (unpaired) electrons. The molecule has 0 aliphatic rings. The fraction of sp³-hybridized carbons (Fsp3) is 0.857. The lowest BCUT2D eigenvalue weighted by Crippen LogP contribution is -2.29. The molecule has 1 N–H and O–H groups in total. The molecule has 5 nitrogen and oxygen atoms in total. The Morgan fingerprint density at radius 1 is 0.735 bits per heavy atom. The Bertz CT molecular complexity index is 469. The van der Waals surface area contributed by atoms with Crippen molar-refractivity contribution in [1.82, 2.24) is 0 Å². The van der Waals surface area contributed by atoms with Crippen LogP contribution in [0.1, 0.15) is 138 Å². The van der Waals surface area contributed by atoms with Crippen LogP contribution in [0.25, 0.3) is 0 Å². The predicted octanol–water partition coefficient (Wildman–Crippen LogP) is 8.41. The van der Waals surface area contributed by atoms with Crippen molar-refractivity contribution >= 4 is 26.6 Å². The molecule has 0 heterocycles. The highest BCUT2D eigenvalue weighted by atomic mass is 27.2. The Kier molecular flexibility index (Phi) is 28.1. The number of carboxylic acids is 1. The lowest BCUT2D eigenvalue weighted by Gasteiger charge is -2.18. The number of hydrogen-bond acceptors (Lipinski definition) is 4. The van der Waals surface area contributed by atoms with Crippen LogP contribution in [0.4, 0.5) is 0 Å². The highest BCUT2D eigenvalue weighted by molar-refractivity contribution is 6.44. The summed E-state index contributed by atoms with van der Waals surface area (Å²) in [5.74, 6) is -1.37. The van der Waals surface area contributed by atoms with Gasteiger partial charge in [0.05, 0.1) is 0 Å². The molecule has 0 aliphatic heterocycles. The Morgan fingerprint density at radius 3 is 1.50 bits per heavy atom. The molecule has 0 saturated carbocycles. The maximum Gasteiger partial charge on any atom is 0.674 e. The summed E-state index contributed by atoms with van der Waals surface area (Å²) in [4.78, 5) is 19.5. The highest BCUT2D eigenvalue weighted by Crippen LogP contribution is 2.14. The number of carboxylic acid groups (broad SMARTS) is 1. The molecular weight excluding hydrogens is 443 g/mol. The van der Waals surface area contributed by atoms with Gasteiger partial charge in [-0.25, -0.2) is 0 Å². The van der Waals surface area contributed by atoms with E-state index in [2.05, 4.69) is 46.8 Å². The molecule has 0 atom stereocenters. The van der Waals surface area contributed by atoms with Gasteiger partial charge < -0.3 is 12.7 Å². The third kappa shape index (κ3) is 33.5. The Morgan fingerprint density at radius 2 is 1.15 bits per heavy atom. The lowest BCUT2D eigenvalue weighted by molar-refractivity contribution is -0.139. The van der Waals surface area contributed by atoms with Crippen LogP contribution >= 0.6 is 0 Å². The van der Waals surface area contributed by atoms with E-state index in [1.165, 1.54) is 96.8 Å². The molecule has 0 amide bonds. The molecule has 6 heteroatoms. The lowest BCUT2D eigenvalue weighted by atomic mass is 10.1. The molecule has 0 fully saturated rings. The van der Waals surface area contributed by atoms with Gasteiger partial charge >= 0.3 is 20.8 Å². The Labute approximate surface area is 216 Å². The summed E-state index contributed by atoms with van der Waals surface area (Å²) in [6.45, 7) is 12.0. The molecule has 0 aliphatic carbocycles. The summed E-state index contributed by atoms with van der Waals surface area (Å²) in [5.41, 5.74) is 0. The van der Waals surface area contributed by atoms with Crippen molar-refractivity contribution in [3.05, 3.63) is 12.2 Å². The average molecular weight is 499 g/mol. The molecule has 0 aromatic carbocycles. The van der Waals surface area contributed by atoms with Crippen molar-refractivity contribution in [2.45, 2.75) is 155 Å². The van der Waals surface area contributed by atoms with Crippen molar-refractivity contribution in [2.24, 2.45) is 0 Å². The van der Waals surface area contributed by atoms with E-state index in [0.717, 1.165) is 5.28 Å². The zero-order chi connectivity index (χ0) is 26.0. The van der Waals surface area contributed by atoms with E-state index in [1.54, 1.807) is 0 Å². The monoisotopic (exact) mass is 498 g/mol. The summed E-state index contributed by atoms with van der Waals surface area (Å²) >= 11 is -1.45. The Balaban J connectivity index is 0.